The molecule has 0 aromatic heterocycles. The van der Waals surface area contributed by atoms with Crippen molar-refractivity contribution in [3.8, 4) is 0 Å². The Morgan fingerprint density at radius 2 is 2.03 bits per heavy atom. The largest absolute Gasteiger partial charge is 0.453 e. The zero-order valence-electron chi connectivity index (χ0n) is 17.5. The van der Waals surface area contributed by atoms with E-state index in [1.807, 2.05) is 12.2 Å². The lowest BCUT2D eigenvalue weighted by Crippen LogP contribution is -2.51. The standard InChI is InChI=1S/C25H30O4/c1-4-11-25(29-23(28)14-16(2)26)13-10-22-21-7-5-17-15-18(27)6-8-19(17)20(21)9-12-24(22,25)3/h11,15,21-22H,1,5-10,12-14H2,2-3H3/t21-,22+,24+,25+/m1/s1. The molecule has 0 amide bonds. The van der Waals surface area contributed by atoms with Crippen LogP contribution in [0.2, 0.25) is 0 Å². The van der Waals surface area contributed by atoms with E-state index in [9.17, 15) is 14.4 Å². The van der Waals surface area contributed by atoms with Crippen molar-refractivity contribution in [2.45, 2.75) is 77.2 Å². The summed E-state index contributed by atoms with van der Waals surface area (Å²) in [5, 5.41) is 0. The van der Waals surface area contributed by atoms with E-state index >= 15 is 0 Å². The van der Waals surface area contributed by atoms with Crippen LogP contribution in [0.3, 0.4) is 0 Å². The third kappa shape index (κ3) is 3.18. The predicted octanol–water partition coefficient (Wildman–Crippen LogP) is 4.79. The normalized spacial score (nSPS) is 35.7. The molecule has 2 fully saturated rings. The van der Waals surface area contributed by atoms with Gasteiger partial charge in [-0.1, -0.05) is 19.1 Å². The lowest BCUT2D eigenvalue weighted by molar-refractivity contribution is -0.169. The first kappa shape index (κ1) is 20.1. The van der Waals surface area contributed by atoms with Gasteiger partial charge in [-0.2, -0.15) is 0 Å². The number of ether oxygens (including phenoxy) is 1. The Hall–Kier alpha value is -2.19. The van der Waals surface area contributed by atoms with Crippen LogP contribution < -0.4 is 0 Å². The van der Waals surface area contributed by atoms with Crippen LogP contribution in [0.25, 0.3) is 0 Å². The van der Waals surface area contributed by atoms with Crippen molar-refractivity contribution in [1.82, 2.24) is 0 Å². The van der Waals surface area contributed by atoms with Crippen LogP contribution in [0.15, 0.2) is 41.2 Å². The van der Waals surface area contributed by atoms with Crippen LogP contribution in [0, 0.1) is 17.3 Å². The number of carbonyl (C=O) groups excluding carboxylic acids is 3. The third-order valence-electron chi connectivity index (χ3n) is 7.94. The number of hydrogen-bond acceptors (Lipinski definition) is 4. The molecule has 4 rings (SSSR count). The van der Waals surface area contributed by atoms with E-state index in [0.29, 0.717) is 18.3 Å². The molecular weight excluding hydrogens is 364 g/mol. The highest BCUT2D eigenvalue weighted by atomic mass is 16.6. The first-order chi connectivity index (χ1) is 13.8. The highest BCUT2D eigenvalue weighted by Gasteiger charge is 2.62. The van der Waals surface area contributed by atoms with E-state index in [2.05, 4.69) is 19.2 Å². The van der Waals surface area contributed by atoms with E-state index in [-0.39, 0.29) is 23.4 Å². The summed E-state index contributed by atoms with van der Waals surface area (Å²) >= 11 is 0. The second kappa shape index (κ2) is 7.25. The molecule has 0 unspecified atom stereocenters. The fourth-order valence-electron chi connectivity index (χ4n) is 6.61. The molecule has 0 N–H and O–H groups in total. The van der Waals surface area contributed by atoms with Gasteiger partial charge < -0.3 is 4.74 Å². The van der Waals surface area contributed by atoms with Gasteiger partial charge in [-0.15, -0.1) is 5.73 Å². The monoisotopic (exact) mass is 394 g/mol. The maximum atomic E-state index is 12.4. The average molecular weight is 395 g/mol. The minimum Gasteiger partial charge on any atom is -0.453 e. The molecule has 0 heterocycles. The van der Waals surface area contributed by atoms with Gasteiger partial charge in [-0.3, -0.25) is 14.4 Å². The van der Waals surface area contributed by atoms with Crippen molar-refractivity contribution in [2.24, 2.45) is 17.3 Å². The number of ketones is 2. The van der Waals surface area contributed by atoms with Crippen LogP contribution in [0.4, 0.5) is 0 Å². The summed E-state index contributed by atoms with van der Waals surface area (Å²) in [6, 6.07) is 0. The number of carbonyl (C=O) groups is 3. The van der Waals surface area contributed by atoms with Gasteiger partial charge in [0.15, 0.2) is 5.78 Å². The number of esters is 1. The highest BCUT2D eigenvalue weighted by Crippen LogP contribution is 2.65. The van der Waals surface area contributed by atoms with Crippen molar-refractivity contribution >= 4 is 17.5 Å². The summed E-state index contributed by atoms with van der Waals surface area (Å²) < 4.78 is 6.03. The number of Topliss-reactive ketones (excluding diaryl/α,β-unsaturated/α-hetero) is 1. The molecule has 29 heavy (non-hydrogen) atoms. The van der Waals surface area contributed by atoms with Crippen molar-refractivity contribution in [2.75, 3.05) is 0 Å². The minimum absolute atomic E-state index is 0.179. The summed E-state index contributed by atoms with van der Waals surface area (Å²) in [7, 11) is 0. The molecule has 0 aliphatic heterocycles. The Morgan fingerprint density at radius 1 is 1.24 bits per heavy atom. The van der Waals surface area contributed by atoms with Crippen molar-refractivity contribution < 1.29 is 19.1 Å². The quantitative estimate of drug-likeness (QED) is 0.391. The Balaban J connectivity index is 1.68. The Kier molecular flexibility index (Phi) is 5.02. The molecule has 0 aromatic rings. The second-order valence-corrected chi connectivity index (χ2v) is 9.44. The van der Waals surface area contributed by atoms with E-state index in [0.717, 1.165) is 44.9 Å². The predicted molar refractivity (Wildman–Crippen MR) is 110 cm³/mol. The smallest absolute Gasteiger partial charge is 0.314 e. The molecule has 154 valence electrons. The van der Waals surface area contributed by atoms with Crippen LogP contribution in [0.1, 0.15) is 71.6 Å². The lowest BCUT2D eigenvalue weighted by Gasteiger charge is -2.52. The molecule has 0 radical (unpaired) electrons. The van der Waals surface area contributed by atoms with Crippen molar-refractivity contribution in [3.05, 3.63) is 41.2 Å². The Bertz CT molecular complexity index is 884. The van der Waals surface area contributed by atoms with Gasteiger partial charge in [-0.25, -0.2) is 0 Å². The maximum absolute atomic E-state index is 12.4. The molecule has 0 bridgehead atoms. The molecule has 4 nitrogen and oxygen atoms in total. The topological polar surface area (TPSA) is 60.4 Å². The van der Waals surface area contributed by atoms with Crippen LogP contribution >= 0.6 is 0 Å². The summed E-state index contributed by atoms with van der Waals surface area (Å²) in [6.45, 7) is 7.42. The fraction of sp³-hybridized carbons (Fsp3) is 0.600. The summed E-state index contributed by atoms with van der Waals surface area (Å²) in [6.07, 6.45) is 10.7. The van der Waals surface area contributed by atoms with Gasteiger partial charge in [0.2, 0.25) is 0 Å². The van der Waals surface area contributed by atoms with Crippen molar-refractivity contribution in [1.29, 1.82) is 0 Å². The third-order valence-corrected chi connectivity index (χ3v) is 7.94. The zero-order valence-corrected chi connectivity index (χ0v) is 17.5. The highest BCUT2D eigenvalue weighted by molar-refractivity contribution is 5.94. The van der Waals surface area contributed by atoms with Gasteiger partial charge in [-0.05, 0) is 80.9 Å². The first-order valence-corrected chi connectivity index (χ1v) is 10.8. The Morgan fingerprint density at radius 3 is 2.76 bits per heavy atom. The molecular formula is C25H30O4. The SMILES string of the molecule is C=C=C[C@]1(OC(=O)CC(C)=O)CC[C@H]2[C@@H]3CCC4=CC(=O)CCC4=C3CC[C@@]21C. The summed E-state index contributed by atoms with van der Waals surface area (Å²) in [5.74, 6) is 0.543. The molecule has 0 aromatic carbocycles. The number of hydrogen-bond donors (Lipinski definition) is 0. The molecule has 4 aliphatic carbocycles. The van der Waals surface area contributed by atoms with Gasteiger partial charge >= 0.3 is 5.97 Å². The lowest BCUT2D eigenvalue weighted by atomic mass is 9.55. The first-order valence-electron chi connectivity index (χ1n) is 10.8. The molecule has 4 heteroatoms. The summed E-state index contributed by atoms with van der Waals surface area (Å²) in [4.78, 5) is 35.7. The average Bonchev–Trinajstić information content (AvgIpc) is 2.93. The van der Waals surface area contributed by atoms with E-state index in [1.165, 1.54) is 18.1 Å². The van der Waals surface area contributed by atoms with Gasteiger partial charge in [0.1, 0.15) is 17.8 Å². The second-order valence-electron chi connectivity index (χ2n) is 9.44. The van der Waals surface area contributed by atoms with Crippen LogP contribution in [-0.4, -0.2) is 23.1 Å². The zero-order chi connectivity index (χ0) is 20.8. The van der Waals surface area contributed by atoms with Gasteiger partial charge in [0.05, 0.1) is 0 Å². The van der Waals surface area contributed by atoms with Crippen LogP contribution in [-0.2, 0) is 19.1 Å². The molecule has 4 aliphatic rings. The van der Waals surface area contributed by atoms with E-state index in [4.69, 9.17) is 4.74 Å². The molecule has 2 saturated carbocycles. The van der Waals surface area contributed by atoms with Crippen molar-refractivity contribution in [3.63, 3.8) is 0 Å². The minimum atomic E-state index is -0.735. The van der Waals surface area contributed by atoms with Gasteiger partial charge in [0, 0.05) is 17.9 Å². The number of rotatable bonds is 4. The molecule has 0 spiro atoms. The van der Waals surface area contributed by atoms with Gasteiger partial charge in [0.25, 0.3) is 0 Å². The maximum Gasteiger partial charge on any atom is 0.314 e. The number of fused-ring (bicyclic) bond motifs is 4. The fourth-order valence-corrected chi connectivity index (χ4v) is 6.61. The Labute approximate surface area is 172 Å². The number of allylic oxidation sites excluding steroid dienone is 4. The van der Waals surface area contributed by atoms with Crippen LogP contribution in [0.5, 0.6) is 0 Å². The van der Waals surface area contributed by atoms with E-state index < -0.39 is 11.6 Å². The molecule has 4 atom stereocenters. The molecule has 0 saturated heterocycles. The summed E-state index contributed by atoms with van der Waals surface area (Å²) in [5.41, 5.74) is 6.22. The van der Waals surface area contributed by atoms with E-state index in [1.54, 1.807) is 5.57 Å².